The van der Waals surface area contributed by atoms with Gasteiger partial charge in [0.05, 0.1) is 0 Å². The highest BCUT2D eigenvalue weighted by atomic mass is 32.1. The normalized spacial score (nSPS) is 15.8. The van der Waals surface area contributed by atoms with E-state index in [0.29, 0.717) is 0 Å². The molecule has 0 saturated carbocycles. The van der Waals surface area contributed by atoms with E-state index in [0.717, 1.165) is 17.8 Å². The minimum Gasteiger partial charge on any atom is -0.245 e. The molecule has 0 saturated heterocycles. The third kappa shape index (κ3) is 2.79. The number of rotatable bonds is 2. The summed E-state index contributed by atoms with van der Waals surface area (Å²) in [5, 5.41) is 5.94. The number of fused-ring (bicyclic) bond motifs is 4. The van der Waals surface area contributed by atoms with Crippen molar-refractivity contribution in [1.82, 2.24) is 4.98 Å². The van der Waals surface area contributed by atoms with Crippen molar-refractivity contribution in [2.45, 2.75) is 25.7 Å². The summed E-state index contributed by atoms with van der Waals surface area (Å²) in [6.07, 6.45) is 9.00. The first-order chi connectivity index (χ1) is 14.4. The van der Waals surface area contributed by atoms with Gasteiger partial charge in [-0.1, -0.05) is 72.3 Å². The van der Waals surface area contributed by atoms with Gasteiger partial charge in [0, 0.05) is 17.1 Å². The van der Waals surface area contributed by atoms with Gasteiger partial charge in [0.1, 0.15) is 5.01 Å². The van der Waals surface area contributed by atoms with Gasteiger partial charge in [-0.25, -0.2) is 4.98 Å². The van der Waals surface area contributed by atoms with Gasteiger partial charge in [-0.15, -0.1) is 11.3 Å². The highest BCUT2D eigenvalue weighted by Gasteiger charge is 2.24. The topological polar surface area (TPSA) is 12.9 Å². The van der Waals surface area contributed by atoms with Gasteiger partial charge in [-0.2, -0.15) is 0 Å². The van der Waals surface area contributed by atoms with E-state index < -0.39 is 0 Å². The van der Waals surface area contributed by atoms with Crippen LogP contribution in [-0.2, 0) is 6.42 Å². The lowest BCUT2D eigenvalue weighted by atomic mass is 9.77. The minimum absolute atomic E-state index is 1.11. The summed E-state index contributed by atoms with van der Waals surface area (Å²) < 4.78 is 0. The second-order valence-electron chi connectivity index (χ2n) is 7.88. The van der Waals surface area contributed by atoms with Crippen molar-refractivity contribution in [3.05, 3.63) is 101 Å². The summed E-state index contributed by atoms with van der Waals surface area (Å²) in [7, 11) is 0. The summed E-state index contributed by atoms with van der Waals surface area (Å²) in [6, 6.07) is 22.2. The van der Waals surface area contributed by atoms with Crippen LogP contribution in [-0.4, -0.2) is 4.98 Å². The molecule has 2 aliphatic rings. The lowest BCUT2D eigenvalue weighted by Gasteiger charge is -2.28. The maximum atomic E-state index is 4.57. The smallest absolute Gasteiger partial charge is 0.123 e. The Hall–Kier alpha value is -2.97. The molecule has 1 aromatic heterocycles. The Morgan fingerprint density at radius 1 is 0.724 bits per heavy atom. The van der Waals surface area contributed by atoms with Gasteiger partial charge < -0.3 is 0 Å². The van der Waals surface area contributed by atoms with Gasteiger partial charge in [-0.3, -0.25) is 0 Å². The van der Waals surface area contributed by atoms with Crippen molar-refractivity contribution >= 4 is 33.3 Å². The van der Waals surface area contributed by atoms with Crippen LogP contribution >= 0.6 is 11.3 Å². The van der Waals surface area contributed by atoms with Crippen LogP contribution in [0.1, 0.15) is 36.0 Å². The predicted molar refractivity (Wildman–Crippen MR) is 124 cm³/mol. The zero-order chi connectivity index (χ0) is 19.2. The average Bonchev–Trinajstić information content (AvgIpc) is 3.33. The Labute approximate surface area is 175 Å². The lowest BCUT2D eigenvalue weighted by Crippen LogP contribution is -2.09. The first-order valence-electron chi connectivity index (χ1n) is 10.3. The lowest BCUT2D eigenvalue weighted by molar-refractivity contribution is 0.838. The Kier molecular flexibility index (Phi) is 3.98. The van der Waals surface area contributed by atoms with Gasteiger partial charge in [0.2, 0.25) is 0 Å². The van der Waals surface area contributed by atoms with Crippen LogP contribution in [0.2, 0.25) is 0 Å². The third-order valence-corrected chi connectivity index (χ3v) is 7.15. The van der Waals surface area contributed by atoms with Gasteiger partial charge in [-0.05, 0) is 64.3 Å². The van der Waals surface area contributed by atoms with Gasteiger partial charge in [0.25, 0.3) is 0 Å². The van der Waals surface area contributed by atoms with Crippen LogP contribution in [0.5, 0.6) is 0 Å². The number of aromatic nitrogens is 1. The summed E-state index contributed by atoms with van der Waals surface area (Å²) in [5.74, 6) is 0. The van der Waals surface area contributed by atoms with Crippen molar-refractivity contribution in [1.29, 1.82) is 0 Å². The van der Waals surface area contributed by atoms with Crippen LogP contribution < -0.4 is 0 Å². The van der Waals surface area contributed by atoms with E-state index in [9.17, 15) is 0 Å². The molecule has 0 bridgehead atoms. The molecule has 0 unspecified atom stereocenters. The van der Waals surface area contributed by atoms with E-state index in [1.807, 2.05) is 6.20 Å². The van der Waals surface area contributed by atoms with Crippen molar-refractivity contribution in [2.24, 2.45) is 0 Å². The molecule has 1 nitrogen and oxygen atoms in total. The van der Waals surface area contributed by atoms with Crippen LogP contribution in [0.15, 0.2) is 83.9 Å². The van der Waals surface area contributed by atoms with Crippen LogP contribution in [0.3, 0.4) is 0 Å². The fourth-order valence-electron chi connectivity index (χ4n) is 4.95. The molecule has 0 N–H and O–H groups in total. The van der Waals surface area contributed by atoms with E-state index >= 15 is 0 Å². The number of thiazole rings is 1. The van der Waals surface area contributed by atoms with E-state index in [2.05, 4.69) is 77.1 Å². The molecule has 0 atom stereocenters. The van der Waals surface area contributed by atoms with E-state index in [1.165, 1.54) is 57.0 Å². The second kappa shape index (κ2) is 6.82. The minimum atomic E-state index is 1.11. The SMILES string of the molecule is C1=C(c2ccccc2-c2nccs2)CCC2=C1c1ccc3ccccc3c1CC2. The highest BCUT2D eigenvalue weighted by Crippen LogP contribution is 2.44. The van der Waals surface area contributed by atoms with Crippen LogP contribution in [0.25, 0.3) is 32.5 Å². The first kappa shape index (κ1) is 16.9. The molecule has 1 heterocycles. The average molecular weight is 392 g/mol. The highest BCUT2D eigenvalue weighted by molar-refractivity contribution is 7.13. The Morgan fingerprint density at radius 2 is 1.55 bits per heavy atom. The molecule has 3 aromatic carbocycles. The van der Waals surface area contributed by atoms with E-state index in [1.54, 1.807) is 16.9 Å². The Bertz CT molecular complexity index is 1290. The molecule has 0 aliphatic heterocycles. The molecule has 0 amide bonds. The van der Waals surface area contributed by atoms with E-state index in [-0.39, 0.29) is 0 Å². The first-order valence-corrected chi connectivity index (χ1v) is 11.2. The van der Waals surface area contributed by atoms with Gasteiger partial charge >= 0.3 is 0 Å². The molecular weight excluding hydrogens is 370 g/mol. The maximum Gasteiger partial charge on any atom is 0.123 e. The second-order valence-corrected chi connectivity index (χ2v) is 8.78. The molecule has 0 fully saturated rings. The summed E-state index contributed by atoms with van der Waals surface area (Å²) in [5.41, 5.74) is 10.1. The van der Waals surface area contributed by atoms with Crippen molar-refractivity contribution in [3.63, 3.8) is 0 Å². The molecule has 140 valence electrons. The summed E-state index contributed by atoms with van der Waals surface area (Å²) in [6.45, 7) is 0. The Balaban J connectivity index is 1.51. The Morgan fingerprint density at radius 3 is 2.45 bits per heavy atom. The number of hydrogen-bond donors (Lipinski definition) is 0. The zero-order valence-electron chi connectivity index (χ0n) is 16.2. The zero-order valence-corrected chi connectivity index (χ0v) is 17.0. The molecule has 0 radical (unpaired) electrons. The molecule has 2 aliphatic carbocycles. The third-order valence-electron chi connectivity index (χ3n) is 6.34. The molecular formula is C27H21NS. The largest absolute Gasteiger partial charge is 0.245 e. The molecule has 29 heavy (non-hydrogen) atoms. The van der Waals surface area contributed by atoms with E-state index in [4.69, 9.17) is 0 Å². The summed E-state index contributed by atoms with van der Waals surface area (Å²) in [4.78, 5) is 4.57. The van der Waals surface area contributed by atoms with Crippen molar-refractivity contribution in [3.8, 4) is 10.6 Å². The quantitative estimate of drug-likeness (QED) is 0.344. The molecule has 2 heteroatoms. The summed E-state index contributed by atoms with van der Waals surface area (Å²) >= 11 is 1.72. The maximum absolute atomic E-state index is 4.57. The van der Waals surface area contributed by atoms with Crippen LogP contribution in [0.4, 0.5) is 0 Å². The number of benzene rings is 3. The fourth-order valence-corrected chi connectivity index (χ4v) is 5.63. The number of allylic oxidation sites excluding steroid dienone is 4. The van der Waals surface area contributed by atoms with Crippen molar-refractivity contribution in [2.75, 3.05) is 0 Å². The number of nitrogens with zero attached hydrogens (tertiary/aromatic N) is 1. The number of aryl methyl sites for hydroxylation is 1. The monoisotopic (exact) mass is 391 g/mol. The van der Waals surface area contributed by atoms with Crippen molar-refractivity contribution < 1.29 is 0 Å². The van der Waals surface area contributed by atoms with Crippen LogP contribution in [0, 0.1) is 0 Å². The standard InChI is InChI=1S/C27H21NS/c1-2-6-21-18(5-1)11-14-24-23(21)13-12-19-9-10-20(17-26(19)24)22-7-3-4-8-25(22)27-28-15-16-29-27/h1-8,11,14-17H,9-10,12-13H2. The molecule has 6 rings (SSSR count). The number of hydrogen-bond acceptors (Lipinski definition) is 2. The molecule has 0 spiro atoms. The fraction of sp³-hybridized carbons (Fsp3) is 0.148. The predicted octanol–water partition coefficient (Wildman–Crippen LogP) is 7.54. The van der Waals surface area contributed by atoms with Gasteiger partial charge in [0.15, 0.2) is 0 Å². The molecule has 4 aromatic rings.